The van der Waals surface area contributed by atoms with Crippen LogP contribution < -0.4 is 11.1 Å². The number of aryl methyl sites for hydroxylation is 1. The van der Waals surface area contributed by atoms with Gasteiger partial charge in [-0.15, -0.1) is 11.3 Å². The SMILES string of the molecule is Cc1cc(NC(=O)c2ccc(C(N)=O)cc2)sc1C(=O)O. The molecule has 1 aromatic heterocycles. The van der Waals surface area contributed by atoms with E-state index in [1.807, 2.05) is 0 Å². The van der Waals surface area contributed by atoms with E-state index in [0.29, 0.717) is 21.7 Å². The number of carboxylic acid groups (broad SMARTS) is 1. The Morgan fingerprint density at radius 3 is 2.19 bits per heavy atom. The van der Waals surface area contributed by atoms with Crippen LogP contribution in [0.5, 0.6) is 0 Å². The molecule has 2 aromatic rings. The van der Waals surface area contributed by atoms with Crippen molar-refractivity contribution in [3.8, 4) is 0 Å². The smallest absolute Gasteiger partial charge is 0.346 e. The van der Waals surface area contributed by atoms with Crippen LogP contribution in [-0.4, -0.2) is 22.9 Å². The minimum absolute atomic E-state index is 0.189. The molecule has 0 bridgehead atoms. The summed E-state index contributed by atoms with van der Waals surface area (Å²) in [6.45, 7) is 1.66. The Morgan fingerprint density at radius 2 is 1.71 bits per heavy atom. The van der Waals surface area contributed by atoms with E-state index >= 15 is 0 Å². The van der Waals surface area contributed by atoms with Crippen molar-refractivity contribution in [1.29, 1.82) is 0 Å². The maximum absolute atomic E-state index is 12.0. The van der Waals surface area contributed by atoms with E-state index in [9.17, 15) is 14.4 Å². The van der Waals surface area contributed by atoms with E-state index in [1.54, 1.807) is 13.0 Å². The maximum Gasteiger partial charge on any atom is 0.346 e. The van der Waals surface area contributed by atoms with Crippen LogP contribution >= 0.6 is 11.3 Å². The molecule has 6 nitrogen and oxygen atoms in total. The number of aromatic carboxylic acids is 1. The van der Waals surface area contributed by atoms with Crippen molar-refractivity contribution >= 4 is 34.1 Å². The summed E-state index contributed by atoms with van der Waals surface area (Å²) in [7, 11) is 0. The predicted molar refractivity (Wildman–Crippen MR) is 78.9 cm³/mol. The Bertz CT molecular complexity index is 719. The highest BCUT2D eigenvalue weighted by molar-refractivity contribution is 7.18. The van der Waals surface area contributed by atoms with Gasteiger partial charge in [0.2, 0.25) is 5.91 Å². The van der Waals surface area contributed by atoms with Crippen molar-refractivity contribution in [2.24, 2.45) is 5.73 Å². The van der Waals surface area contributed by atoms with Crippen LogP contribution in [0.4, 0.5) is 5.00 Å². The van der Waals surface area contributed by atoms with E-state index in [2.05, 4.69) is 5.32 Å². The molecule has 0 radical (unpaired) electrons. The Hall–Kier alpha value is -2.67. The lowest BCUT2D eigenvalue weighted by Crippen LogP contribution is -2.13. The van der Waals surface area contributed by atoms with E-state index in [4.69, 9.17) is 10.8 Å². The second-order valence-corrected chi connectivity index (χ2v) is 5.38. The van der Waals surface area contributed by atoms with E-state index in [1.165, 1.54) is 24.3 Å². The number of nitrogens with two attached hydrogens (primary N) is 1. The summed E-state index contributed by atoms with van der Waals surface area (Å²) in [5.74, 6) is -1.98. The van der Waals surface area contributed by atoms with Gasteiger partial charge in [0.15, 0.2) is 0 Å². The average molecular weight is 304 g/mol. The van der Waals surface area contributed by atoms with Gasteiger partial charge < -0.3 is 16.2 Å². The fourth-order valence-electron chi connectivity index (χ4n) is 1.73. The van der Waals surface area contributed by atoms with Crippen LogP contribution in [0, 0.1) is 6.92 Å². The van der Waals surface area contributed by atoms with Gasteiger partial charge in [0, 0.05) is 11.1 Å². The molecule has 2 amide bonds. The average Bonchev–Trinajstić information content (AvgIpc) is 2.79. The highest BCUT2D eigenvalue weighted by Crippen LogP contribution is 2.27. The van der Waals surface area contributed by atoms with Gasteiger partial charge in [-0.2, -0.15) is 0 Å². The Kier molecular flexibility index (Phi) is 4.04. The number of amides is 2. The third kappa shape index (κ3) is 3.26. The molecule has 0 aliphatic heterocycles. The number of nitrogens with one attached hydrogen (secondary N) is 1. The third-order valence-corrected chi connectivity index (χ3v) is 3.92. The van der Waals surface area contributed by atoms with Crippen molar-refractivity contribution in [2.75, 3.05) is 5.32 Å². The monoisotopic (exact) mass is 304 g/mol. The molecular formula is C14H12N2O4S. The summed E-state index contributed by atoms with van der Waals surface area (Å²) < 4.78 is 0. The first kappa shape index (κ1) is 14.7. The lowest BCUT2D eigenvalue weighted by Gasteiger charge is -2.03. The van der Waals surface area contributed by atoms with Gasteiger partial charge in [-0.3, -0.25) is 9.59 Å². The van der Waals surface area contributed by atoms with Crippen molar-refractivity contribution < 1.29 is 19.5 Å². The van der Waals surface area contributed by atoms with Crippen molar-refractivity contribution in [3.05, 3.63) is 51.9 Å². The van der Waals surface area contributed by atoms with Crippen LogP contribution in [0.3, 0.4) is 0 Å². The number of rotatable bonds is 4. The summed E-state index contributed by atoms with van der Waals surface area (Å²) in [6.07, 6.45) is 0. The van der Waals surface area contributed by atoms with Crippen LogP contribution in [0.15, 0.2) is 30.3 Å². The number of anilines is 1. The molecule has 1 aromatic carbocycles. The Balaban J connectivity index is 2.16. The number of hydrogen-bond acceptors (Lipinski definition) is 4. The second-order valence-electron chi connectivity index (χ2n) is 4.32. The fraction of sp³-hybridized carbons (Fsp3) is 0.0714. The quantitative estimate of drug-likeness (QED) is 0.803. The first-order valence-electron chi connectivity index (χ1n) is 5.93. The van der Waals surface area contributed by atoms with Crippen LogP contribution in [0.25, 0.3) is 0 Å². The zero-order valence-electron chi connectivity index (χ0n) is 11.0. The van der Waals surface area contributed by atoms with E-state index in [0.717, 1.165) is 11.3 Å². The van der Waals surface area contributed by atoms with Gasteiger partial charge in [0.25, 0.3) is 5.91 Å². The third-order valence-electron chi connectivity index (χ3n) is 2.78. The highest BCUT2D eigenvalue weighted by atomic mass is 32.1. The Morgan fingerprint density at radius 1 is 1.14 bits per heavy atom. The van der Waals surface area contributed by atoms with Gasteiger partial charge in [0.1, 0.15) is 4.88 Å². The number of hydrogen-bond donors (Lipinski definition) is 3. The topological polar surface area (TPSA) is 109 Å². The number of carboxylic acids is 1. The lowest BCUT2D eigenvalue weighted by molar-refractivity contribution is 0.0701. The van der Waals surface area contributed by atoms with Gasteiger partial charge in [-0.1, -0.05) is 0 Å². The minimum Gasteiger partial charge on any atom is -0.477 e. The molecule has 4 N–H and O–H groups in total. The standard InChI is InChI=1S/C14H12N2O4S/c1-7-6-10(21-11(7)14(19)20)16-13(18)9-4-2-8(3-5-9)12(15)17/h2-6H,1H3,(H2,15,17)(H,16,18)(H,19,20). The van der Waals surface area contributed by atoms with Gasteiger partial charge in [-0.25, -0.2) is 4.79 Å². The lowest BCUT2D eigenvalue weighted by atomic mass is 10.1. The molecule has 0 atom stereocenters. The Labute approximate surface area is 124 Å². The fourth-order valence-corrected chi connectivity index (χ4v) is 2.63. The summed E-state index contributed by atoms with van der Waals surface area (Å²) in [4.78, 5) is 34.1. The van der Waals surface area contributed by atoms with Gasteiger partial charge in [-0.05, 0) is 42.8 Å². The number of thiophene rings is 1. The first-order chi connectivity index (χ1) is 9.88. The van der Waals surface area contributed by atoms with E-state index < -0.39 is 11.9 Å². The molecule has 2 rings (SSSR count). The molecule has 0 aliphatic rings. The summed E-state index contributed by atoms with van der Waals surface area (Å²) in [6, 6.07) is 7.48. The normalized spacial score (nSPS) is 10.1. The molecule has 1 heterocycles. The maximum atomic E-state index is 12.0. The van der Waals surface area contributed by atoms with Crippen molar-refractivity contribution in [3.63, 3.8) is 0 Å². The van der Waals surface area contributed by atoms with Gasteiger partial charge >= 0.3 is 5.97 Å². The molecule has 0 fully saturated rings. The molecule has 108 valence electrons. The minimum atomic E-state index is -1.02. The first-order valence-corrected chi connectivity index (χ1v) is 6.75. The zero-order chi connectivity index (χ0) is 15.6. The van der Waals surface area contributed by atoms with E-state index in [-0.39, 0.29) is 10.8 Å². The van der Waals surface area contributed by atoms with Crippen LogP contribution in [0.2, 0.25) is 0 Å². The van der Waals surface area contributed by atoms with Crippen LogP contribution in [-0.2, 0) is 0 Å². The predicted octanol–water partition coefficient (Wildman–Crippen LogP) is 2.11. The molecule has 0 saturated carbocycles. The number of benzene rings is 1. The number of carbonyl (C=O) groups excluding carboxylic acids is 2. The molecule has 21 heavy (non-hydrogen) atoms. The largest absolute Gasteiger partial charge is 0.477 e. The number of primary amides is 1. The summed E-state index contributed by atoms with van der Waals surface area (Å²) in [5.41, 5.74) is 6.37. The summed E-state index contributed by atoms with van der Waals surface area (Å²) >= 11 is 0.993. The molecule has 0 spiro atoms. The van der Waals surface area contributed by atoms with Gasteiger partial charge in [0.05, 0.1) is 5.00 Å². The highest BCUT2D eigenvalue weighted by Gasteiger charge is 2.14. The second kappa shape index (κ2) is 5.76. The molecular weight excluding hydrogens is 292 g/mol. The molecule has 0 aliphatic carbocycles. The molecule has 0 saturated heterocycles. The van der Waals surface area contributed by atoms with Crippen molar-refractivity contribution in [1.82, 2.24) is 0 Å². The molecule has 0 unspecified atom stereocenters. The van der Waals surface area contributed by atoms with Crippen molar-refractivity contribution in [2.45, 2.75) is 6.92 Å². The number of carbonyl (C=O) groups is 3. The van der Waals surface area contributed by atoms with Crippen LogP contribution in [0.1, 0.15) is 36.0 Å². The molecule has 7 heteroatoms. The summed E-state index contributed by atoms with van der Waals surface area (Å²) in [5, 5.41) is 12.0. The zero-order valence-corrected chi connectivity index (χ0v) is 11.9.